The highest BCUT2D eigenvalue weighted by Crippen LogP contribution is 2.28. The Bertz CT molecular complexity index is 1930. The van der Waals surface area contributed by atoms with Crippen LogP contribution in [-0.2, 0) is 13.1 Å². The topological polar surface area (TPSA) is 31.5 Å². The molecular formula is C40H35N3+2. The predicted octanol–water partition coefficient (Wildman–Crippen LogP) is 8.16. The van der Waals surface area contributed by atoms with E-state index in [1.165, 1.54) is 61.2 Å². The number of hydrogen-bond donors (Lipinski definition) is 0. The summed E-state index contributed by atoms with van der Waals surface area (Å²) in [5, 5.41) is 9.04. The molecular weight excluding hydrogens is 522 g/mol. The number of aryl methyl sites for hydroxylation is 3. The molecule has 2 aromatic heterocycles. The molecule has 0 aliphatic rings. The minimum atomic E-state index is 0.689. The third-order valence-corrected chi connectivity index (χ3v) is 8.13. The zero-order valence-electron chi connectivity index (χ0n) is 25.0. The number of aromatic nitrogens is 2. The largest absolute Gasteiger partial charge is 0.200 e. The monoisotopic (exact) mass is 557 g/mol. The fourth-order valence-electron chi connectivity index (χ4n) is 5.87. The molecule has 0 bridgehead atoms. The van der Waals surface area contributed by atoms with Gasteiger partial charge in [0.25, 0.3) is 0 Å². The third kappa shape index (κ3) is 6.30. The van der Waals surface area contributed by atoms with Crippen molar-refractivity contribution in [2.75, 3.05) is 0 Å². The molecule has 0 aliphatic carbocycles. The van der Waals surface area contributed by atoms with E-state index < -0.39 is 0 Å². The van der Waals surface area contributed by atoms with Gasteiger partial charge in [0.2, 0.25) is 0 Å². The third-order valence-electron chi connectivity index (χ3n) is 8.13. The molecule has 0 aliphatic heterocycles. The Morgan fingerprint density at radius 3 is 1.51 bits per heavy atom. The van der Waals surface area contributed by atoms with Crippen LogP contribution < -0.4 is 9.13 Å². The van der Waals surface area contributed by atoms with Crippen molar-refractivity contribution in [3.63, 3.8) is 0 Å². The fourth-order valence-corrected chi connectivity index (χ4v) is 5.87. The van der Waals surface area contributed by atoms with Crippen LogP contribution in [0.4, 0.5) is 0 Å². The molecule has 0 saturated heterocycles. The maximum absolute atomic E-state index is 9.04. The zero-order valence-corrected chi connectivity index (χ0v) is 25.0. The number of hydrogen-bond acceptors (Lipinski definition) is 1. The van der Waals surface area contributed by atoms with Crippen molar-refractivity contribution in [1.82, 2.24) is 0 Å². The van der Waals surface area contributed by atoms with Gasteiger partial charge < -0.3 is 0 Å². The van der Waals surface area contributed by atoms with Crippen molar-refractivity contribution in [2.24, 2.45) is 0 Å². The predicted molar refractivity (Wildman–Crippen MR) is 173 cm³/mol. The second-order valence-corrected chi connectivity index (χ2v) is 11.3. The van der Waals surface area contributed by atoms with Gasteiger partial charge in [0.05, 0.1) is 11.6 Å². The minimum absolute atomic E-state index is 0.689. The lowest BCUT2D eigenvalue weighted by Gasteiger charge is -2.10. The Morgan fingerprint density at radius 2 is 1.00 bits per heavy atom. The molecule has 6 rings (SSSR count). The molecule has 3 nitrogen and oxygen atoms in total. The Kier molecular flexibility index (Phi) is 7.94. The molecule has 0 fully saturated rings. The number of pyridine rings is 2. The Morgan fingerprint density at radius 1 is 0.512 bits per heavy atom. The molecule has 208 valence electrons. The first-order valence-corrected chi connectivity index (χ1v) is 14.7. The van der Waals surface area contributed by atoms with Crippen molar-refractivity contribution in [3.05, 3.63) is 167 Å². The molecule has 0 N–H and O–H groups in total. The summed E-state index contributed by atoms with van der Waals surface area (Å²) < 4.78 is 4.46. The average molecular weight is 558 g/mol. The highest BCUT2D eigenvalue weighted by atomic mass is 14.9. The quantitative estimate of drug-likeness (QED) is 0.182. The molecule has 6 aromatic rings. The van der Waals surface area contributed by atoms with Gasteiger partial charge in [0, 0.05) is 34.4 Å². The molecule has 0 atom stereocenters. The van der Waals surface area contributed by atoms with E-state index in [0.717, 1.165) is 13.1 Å². The average Bonchev–Trinajstić information content (AvgIpc) is 3.02. The first-order chi connectivity index (χ1) is 21.0. The van der Waals surface area contributed by atoms with Gasteiger partial charge in [-0.1, -0.05) is 78.9 Å². The lowest BCUT2D eigenvalue weighted by Crippen LogP contribution is -2.33. The summed E-state index contributed by atoms with van der Waals surface area (Å²) >= 11 is 0. The smallest absolute Gasteiger partial charge is 0.173 e. The van der Waals surface area contributed by atoms with E-state index >= 15 is 0 Å². The van der Waals surface area contributed by atoms with Crippen LogP contribution in [0.2, 0.25) is 0 Å². The SMILES string of the molecule is Cc1cc(C[n+]2ccc(-c3ccc(-c4cc[n+](Cc5ccc(C#N)cc5)cc4C)cc3)c(C)c2)ccc1-c1ccccc1. The molecule has 2 heterocycles. The van der Waals surface area contributed by atoms with E-state index in [1.54, 1.807) is 0 Å². The van der Waals surface area contributed by atoms with Crippen molar-refractivity contribution in [1.29, 1.82) is 5.26 Å². The molecule has 0 spiro atoms. The van der Waals surface area contributed by atoms with Gasteiger partial charge in [-0.05, 0) is 77.9 Å². The lowest BCUT2D eigenvalue weighted by molar-refractivity contribution is -0.688. The summed E-state index contributed by atoms with van der Waals surface area (Å²) in [5.74, 6) is 0. The zero-order chi connectivity index (χ0) is 29.8. The van der Waals surface area contributed by atoms with Crippen molar-refractivity contribution >= 4 is 0 Å². The molecule has 3 heteroatoms. The van der Waals surface area contributed by atoms with E-state index in [0.29, 0.717) is 5.56 Å². The Hall–Kier alpha value is -5.33. The normalized spacial score (nSPS) is 10.8. The number of benzene rings is 4. The molecule has 4 aromatic carbocycles. The number of nitriles is 1. The van der Waals surface area contributed by atoms with Crippen LogP contribution in [0.3, 0.4) is 0 Å². The van der Waals surface area contributed by atoms with Crippen molar-refractivity contribution < 1.29 is 9.13 Å². The van der Waals surface area contributed by atoms with Crippen LogP contribution in [0, 0.1) is 32.1 Å². The van der Waals surface area contributed by atoms with Crippen molar-refractivity contribution in [2.45, 2.75) is 33.9 Å². The summed E-state index contributed by atoms with van der Waals surface area (Å²) in [6, 6.07) is 40.7. The first kappa shape index (κ1) is 27.8. The second-order valence-electron chi connectivity index (χ2n) is 11.3. The van der Waals surface area contributed by atoms with Gasteiger partial charge >= 0.3 is 0 Å². The number of rotatable bonds is 7. The van der Waals surface area contributed by atoms with Gasteiger partial charge in [-0.15, -0.1) is 0 Å². The van der Waals surface area contributed by atoms with Crippen molar-refractivity contribution in [3.8, 4) is 39.4 Å². The van der Waals surface area contributed by atoms with Crippen LogP contribution in [0.1, 0.15) is 33.4 Å². The van der Waals surface area contributed by atoms with Gasteiger partial charge in [-0.2, -0.15) is 5.26 Å². The highest BCUT2D eigenvalue weighted by molar-refractivity contribution is 5.72. The Labute approximate surface area is 254 Å². The van der Waals surface area contributed by atoms with Crippen LogP contribution >= 0.6 is 0 Å². The van der Waals surface area contributed by atoms with E-state index in [-0.39, 0.29) is 0 Å². The lowest BCUT2D eigenvalue weighted by atomic mass is 9.97. The fraction of sp³-hybridized carbons (Fsp3) is 0.125. The molecule has 43 heavy (non-hydrogen) atoms. The van der Waals surface area contributed by atoms with Gasteiger partial charge in [-0.3, -0.25) is 0 Å². The van der Waals surface area contributed by atoms with E-state index in [1.807, 2.05) is 24.3 Å². The summed E-state index contributed by atoms with van der Waals surface area (Å²) in [6.45, 7) is 8.17. The van der Waals surface area contributed by atoms with Crippen LogP contribution in [0.5, 0.6) is 0 Å². The maximum atomic E-state index is 9.04. The Balaban J connectivity index is 1.15. The van der Waals surface area contributed by atoms with Gasteiger partial charge in [0.1, 0.15) is 0 Å². The molecule has 0 unspecified atom stereocenters. The van der Waals surface area contributed by atoms with Crippen LogP contribution in [-0.4, -0.2) is 0 Å². The second kappa shape index (κ2) is 12.3. The number of nitrogens with zero attached hydrogens (tertiary/aromatic N) is 3. The maximum Gasteiger partial charge on any atom is 0.173 e. The first-order valence-electron chi connectivity index (χ1n) is 14.7. The van der Waals surface area contributed by atoms with Crippen LogP contribution in [0.15, 0.2) is 134 Å². The van der Waals surface area contributed by atoms with E-state index in [2.05, 4.69) is 146 Å². The van der Waals surface area contributed by atoms with E-state index in [4.69, 9.17) is 5.26 Å². The summed E-state index contributed by atoms with van der Waals surface area (Å²) in [4.78, 5) is 0. The van der Waals surface area contributed by atoms with E-state index in [9.17, 15) is 0 Å². The van der Waals surface area contributed by atoms with Gasteiger partial charge in [-0.25, -0.2) is 9.13 Å². The summed E-state index contributed by atoms with van der Waals surface area (Å²) in [5.41, 5.74) is 14.4. The van der Waals surface area contributed by atoms with Gasteiger partial charge in [0.15, 0.2) is 37.9 Å². The molecule has 0 radical (unpaired) electrons. The van der Waals surface area contributed by atoms with Crippen LogP contribution in [0.25, 0.3) is 33.4 Å². The summed E-state index contributed by atoms with van der Waals surface area (Å²) in [7, 11) is 0. The minimum Gasteiger partial charge on any atom is -0.200 e. The molecule has 0 saturated carbocycles. The summed E-state index contributed by atoms with van der Waals surface area (Å²) in [6.07, 6.45) is 8.76. The standard InChI is InChI=1S/C40H35N3/c1-29-23-34(13-18-38(29)35-7-5-4-6-8-35)28-43-22-20-40(31(3)26-43)37-16-14-36(15-17-37)39-19-21-42(25-30(39)2)27-33-11-9-32(24-41)10-12-33/h4-23,25-26H,27-28H2,1-3H3/q+2. The highest BCUT2D eigenvalue weighted by Gasteiger charge is 2.13. The molecule has 0 amide bonds.